The predicted octanol–water partition coefficient (Wildman–Crippen LogP) is 1.80. The second-order valence-electron chi connectivity index (χ2n) is 3.12. The zero-order valence-electron chi connectivity index (χ0n) is 9.26. The van der Waals surface area contributed by atoms with E-state index in [0.717, 1.165) is 0 Å². The highest BCUT2D eigenvalue weighted by Crippen LogP contribution is 2.14. The number of hydroxylamine groups is 1. The number of rotatable bonds is 7. The van der Waals surface area contributed by atoms with Crippen molar-refractivity contribution in [2.75, 3.05) is 13.2 Å². The maximum absolute atomic E-state index is 11.8. The standard InChI is InChI=1S/C9H16F3NO3/c1-3-5-7(8(14)15-4-2)13-16-6-9(10,11)12/h7,13H,3-6H2,1-2H3. The minimum atomic E-state index is -4.42. The normalized spacial score (nSPS) is 13.6. The molecule has 0 bridgehead atoms. The molecular weight excluding hydrogens is 227 g/mol. The molecule has 0 radical (unpaired) electrons. The molecule has 1 atom stereocenters. The molecule has 7 heteroatoms. The van der Waals surface area contributed by atoms with Gasteiger partial charge in [0.25, 0.3) is 0 Å². The Bertz CT molecular complexity index is 209. The highest BCUT2D eigenvalue weighted by molar-refractivity contribution is 5.75. The molecule has 96 valence electrons. The van der Waals surface area contributed by atoms with Crippen LogP contribution in [0.1, 0.15) is 26.7 Å². The lowest BCUT2D eigenvalue weighted by Gasteiger charge is -2.16. The summed E-state index contributed by atoms with van der Waals surface area (Å²) in [5, 5.41) is 0. The second kappa shape index (κ2) is 7.45. The molecule has 0 heterocycles. The molecule has 0 spiro atoms. The van der Waals surface area contributed by atoms with E-state index in [0.29, 0.717) is 12.8 Å². The van der Waals surface area contributed by atoms with E-state index in [1.807, 2.05) is 0 Å². The third-order valence-corrected chi connectivity index (χ3v) is 1.61. The largest absolute Gasteiger partial charge is 0.465 e. The summed E-state index contributed by atoms with van der Waals surface area (Å²) in [6, 6.07) is -0.854. The van der Waals surface area contributed by atoms with Crippen LogP contribution in [0.2, 0.25) is 0 Å². The smallest absolute Gasteiger partial charge is 0.413 e. The van der Waals surface area contributed by atoms with Crippen LogP contribution in [0, 0.1) is 0 Å². The highest BCUT2D eigenvalue weighted by Gasteiger charge is 2.29. The van der Waals surface area contributed by atoms with Crippen molar-refractivity contribution in [1.29, 1.82) is 0 Å². The van der Waals surface area contributed by atoms with Crippen LogP contribution in [0.5, 0.6) is 0 Å². The van der Waals surface area contributed by atoms with Crippen molar-refractivity contribution < 1.29 is 27.5 Å². The Balaban J connectivity index is 3.98. The Morgan fingerprint density at radius 3 is 2.44 bits per heavy atom. The predicted molar refractivity (Wildman–Crippen MR) is 50.5 cm³/mol. The summed E-state index contributed by atoms with van der Waals surface area (Å²) in [6.45, 7) is 2.17. The van der Waals surface area contributed by atoms with Crippen LogP contribution in [0.15, 0.2) is 0 Å². The van der Waals surface area contributed by atoms with Crippen molar-refractivity contribution in [3.05, 3.63) is 0 Å². The van der Waals surface area contributed by atoms with Gasteiger partial charge in [0, 0.05) is 0 Å². The molecule has 0 amide bonds. The lowest BCUT2D eigenvalue weighted by Crippen LogP contribution is -2.39. The number of hydrogen-bond acceptors (Lipinski definition) is 4. The molecule has 16 heavy (non-hydrogen) atoms. The van der Waals surface area contributed by atoms with E-state index in [9.17, 15) is 18.0 Å². The van der Waals surface area contributed by atoms with Gasteiger partial charge < -0.3 is 4.74 Å². The van der Waals surface area contributed by atoms with Crippen molar-refractivity contribution in [3.63, 3.8) is 0 Å². The monoisotopic (exact) mass is 243 g/mol. The summed E-state index contributed by atoms with van der Waals surface area (Å²) in [4.78, 5) is 15.4. The first kappa shape index (κ1) is 15.2. The summed E-state index contributed by atoms with van der Waals surface area (Å²) in [6.07, 6.45) is -3.43. The van der Waals surface area contributed by atoms with Crippen LogP contribution in [-0.4, -0.2) is 31.4 Å². The van der Waals surface area contributed by atoms with E-state index in [1.54, 1.807) is 13.8 Å². The van der Waals surface area contributed by atoms with Gasteiger partial charge in [0.15, 0.2) is 6.61 Å². The van der Waals surface area contributed by atoms with Gasteiger partial charge in [-0.3, -0.25) is 9.63 Å². The summed E-state index contributed by atoms with van der Waals surface area (Å²) < 4.78 is 40.0. The minimum absolute atomic E-state index is 0.181. The van der Waals surface area contributed by atoms with Gasteiger partial charge in [-0.2, -0.15) is 18.7 Å². The van der Waals surface area contributed by atoms with E-state index in [-0.39, 0.29) is 6.61 Å². The molecule has 1 N–H and O–H groups in total. The molecule has 4 nitrogen and oxygen atoms in total. The Morgan fingerprint density at radius 2 is 2.00 bits per heavy atom. The van der Waals surface area contributed by atoms with Gasteiger partial charge in [-0.05, 0) is 13.3 Å². The number of carbonyl (C=O) groups is 1. The summed E-state index contributed by atoms with van der Waals surface area (Å²) in [7, 11) is 0. The molecule has 0 aromatic rings. The van der Waals surface area contributed by atoms with Crippen LogP contribution in [0.25, 0.3) is 0 Å². The van der Waals surface area contributed by atoms with Gasteiger partial charge in [0.05, 0.1) is 6.61 Å². The van der Waals surface area contributed by atoms with Crippen molar-refractivity contribution in [2.24, 2.45) is 0 Å². The second-order valence-corrected chi connectivity index (χ2v) is 3.12. The van der Waals surface area contributed by atoms with Crippen LogP contribution in [0.3, 0.4) is 0 Å². The molecule has 0 aromatic heterocycles. The minimum Gasteiger partial charge on any atom is -0.465 e. The number of ether oxygens (including phenoxy) is 1. The molecule has 0 aromatic carbocycles. The molecule has 0 rings (SSSR count). The third kappa shape index (κ3) is 7.47. The van der Waals surface area contributed by atoms with E-state index in [1.165, 1.54) is 0 Å². The first-order valence-corrected chi connectivity index (χ1v) is 5.01. The molecular formula is C9H16F3NO3. The van der Waals surface area contributed by atoms with E-state index < -0.39 is 24.8 Å². The van der Waals surface area contributed by atoms with Crippen molar-refractivity contribution in [3.8, 4) is 0 Å². The molecule has 0 aliphatic rings. The van der Waals surface area contributed by atoms with E-state index in [4.69, 9.17) is 0 Å². The van der Waals surface area contributed by atoms with Crippen LogP contribution in [0.4, 0.5) is 13.2 Å². The fourth-order valence-corrected chi connectivity index (χ4v) is 0.981. The van der Waals surface area contributed by atoms with Gasteiger partial charge in [-0.25, -0.2) is 0 Å². The molecule has 0 aliphatic carbocycles. The van der Waals surface area contributed by atoms with Gasteiger partial charge in [0.2, 0.25) is 0 Å². The Hall–Kier alpha value is -0.820. The average Bonchev–Trinajstić information content (AvgIpc) is 2.15. The van der Waals surface area contributed by atoms with Gasteiger partial charge in [0.1, 0.15) is 6.04 Å². The van der Waals surface area contributed by atoms with Crippen molar-refractivity contribution in [2.45, 2.75) is 38.9 Å². The maximum atomic E-state index is 11.8. The number of halogens is 3. The average molecular weight is 243 g/mol. The third-order valence-electron chi connectivity index (χ3n) is 1.61. The number of esters is 1. The Kier molecular flexibility index (Phi) is 7.07. The molecule has 0 aliphatic heterocycles. The number of hydrogen-bond donors (Lipinski definition) is 1. The lowest BCUT2D eigenvalue weighted by atomic mass is 10.2. The van der Waals surface area contributed by atoms with Crippen molar-refractivity contribution >= 4 is 5.97 Å². The summed E-state index contributed by atoms with van der Waals surface area (Å²) in [5.41, 5.74) is 2.07. The number of nitrogens with one attached hydrogen (secondary N) is 1. The Labute approximate surface area is 92.0 Å². The van der Waals surface area contributed by atoms with Gasteiger partial charge in [-0.15, -0.1) is 0 Å². The maximum Gasteiger partial charge on any atom is 0.413 e. The zero-order chi connectivity index (χ0) is 12.6. The summed E-state index contributed by atoms with van der Waals surface area (Å²) in [5.74, 6) is -0.605. The topological polar surface area (TPSA) is 47.6 Å². The highest BCUT2D eigenvalue weighted by atomic mass is 19.4. The fourth-order valence-electron chi connectivity index (χ4n) is 0.981. The lowest BCUT2D eigenvalue weighted by molar-refractivity contribution is -0.196. The quantitative estimate of drug-likeness (QED) is 0.547. The fraction of sp³-hybridized carbons (Fsp3) is 0.889. The first-order chi connectivity index (χ1) is 7.40. The van der Waals surface area contributed by atoms with Gasteiger partial charge >= 0.3 is 12.1 Å². The number of alkyl halides is 3. The van der Waals surface area contributed by atoms with Crippen LogP contribution < -0.4 is 5.48 Å². The van der Waals surface area contributed by atoms with Crippen LogP contribution >= 0.6 is 0 Å². The molecule has 0 saturated carbocycles. The zero-order valence-corrected chi connectivity index (χ0v) is 9.26. The SMILES string of the molecule is CCCC(NOCC(F)(F)F)C(=O)OCC. The number of carbonyl (C=O) groups excluding carboxylic acids is 1. The molecule has 0 fully saturated rings. The van der Waals surface area contributed by atoms with E-state index >= 15 is 0 Å². The Morgan fingerprint density at radius 1 is 1.38 bits per heavy atom. The van der Waals surface area contributed by atoms with E-state index in [2.05, 4.69) is 15.1 Å². The molecule has 1 unspecified atom stereocenters. The van der Waals surface area contributed by atoms with Gasteiger partial charge in [-0.1, -0.05) is 13.3 Å². The van der Waals surface area contributed by atoms with Crippen molar-refractivity contribution in [1.82, 2.24) is 5.48 Å². The first-order valence-electron chi connectivity index (χ1n) is 5.01. The summed E-state index contributed by atoms with van der Waals surface area (Å²) >= 11 is 0. The molecule has 0 saturated heterocycles. The van der Waals surface area contributed by atoms with Crippen LogP contribution in [-0.2, 0) is 14.4 Å².